The van der Waals surface area contributed by atoms with E-state index in [1.807, 2.05) is 0 Å². The lowest BCUT2D eigenvalue weighted by Gasteiger charge is -2.22. The number of carbonyl (C=O) groups is 3. The number of nitrogens with zero attached hydrogens (tertiary/aromatic N) is 1. The molecule has 0 fully saturated rings. The van der Waals surface area contributed by atoms with E-state index in [-0.39, 0.29) is 27.7 Å². The molecule has 2 aromatic rings. The van der Waals surface area contributed by atoms with Gasteiger partial charge in [0.2, 0.25) is 15.9 Å². The second-order valence-corrected chi connectivity index (χ2v) is 8.42. The maximum absolute atomic E-state index is 12.5. The molecule has 0 spiro atoms. The lowest BCUT2D eigenvalue weighted by Crippen LogP contribution is -2.37. The van der Waals surface area contributed by atoms with Crippen LogP contribution in [-0.4, -0.2) is 46.0 Å². The molecule has 0 aliphatic rings. The number of rotatable bonds is 7. The number of Topliss-reactive ketones (excluding diaryl/α,β-unsaturated/α-hetero) is 1. The summed E-state index contributed by atoms with van der Waals surface area (Å²) in [6.45, 7) is 0.826. The van der Waals surface area contributed by atoms with E-state index >= 15 is 0 Å². The minimum absolute atomic E-state index is 0.0566. The highest BCUT2D eigenvalue weighted by Gasteiger charge is 2.22. The van der Waals surface area contributed by atoms with Gasteiger partial charge in [0.25, 0.3) is 0 Å². The number of carbonyl (C=O) groups excluding carboxylic acids is 3. The van der Waals surface area contributed by atoms with Crippen molar-refractivity contribution in [3.8, 4) is 0 Å². The number of benzene rings is 2. The molecule has 0 radical (unpaired) electrons. The zero-order valence-corrected chi connectivity index (χ0v) is 17.5. The van der Waals surface area contributed by atoms with E-state index in [0.29, 0.717) is 5.56 Å². The summed E-state index contributed by atoms with van der Waals surface area (Å²) in [5, 5.41) is 2.67. The van der Waals surface area contributed by atoms with Crippen LogP contribution in [0, 0.1) is 0 Å². The Kier molecular flexibility index (Phi) is 6.99. The largest absolute Gasteiger partial charge is 0.465 e. The first-order chi connectivity index (χ1) is 13.5. The zero-order chi connectivity index (χ0) is 21.8. The fraction of sp³-hybridized carbons (Fsp3) is 0.211. The number of ether oxygens (including phenoxy) is 1. The van der Waals surface area contributed by atoms with Gasteiger partial charge in [0.15, 0.2) is 5.78 Å². The average Bonchev–Trinajstić information content (AvgIpc) is 2.66. The highest BCUT2D eigenvalue weighted by atomic mass is 35.5. The van der Waals surface area contributed by atoms with E-state index in [2.05, 4.69) is 10.1 Å². The number of hydrogen-bond donors (Lipinski definition) is 1. The molecule has 0 heterocycles. The van der Waals surface area contributed by atoms with Gasteiger partial charge in [-0.1, -0.05) is 23.7 Å². The number of hydrogen-bond acceptors (Lipinski definition) is 6. The molecule has 0 saturated carbocycles. The standard InChI is InChI=1S/C19H19ClN2O6S/c1-12(23)13-5-4-6-15(9-13)22(29(3,26)27)11-18(24)21-14-7-8-17(20)16(10-14)19(25)28-2/h4-10H,11H2,1-3H3,(H,21,24). The normalized spacial score (nSPS) is 10.9. The predicted octanol–water partition coefficient (Wildman–Crippen LogP) is 2.73. The van der Waals surface area contributed by atoms with Gasteiger partial charge in [0.1, 0.15) is 6.54 Å². The minimum Gasteiger partial charge on any atom is -0.465 e. The number of esters is 1. The van der Waals surface area contributed by atoms with Gasteiger partial charge in [-0.3, -0.25) is 13.9 Å². The number of amides is 1. The fourth-order valence-electron chi connectivity index (χ4n) is 2.48. The topological polar surface area (TPSA) is 110 Å². The Hall–Kier alpha value is -2.91. The summed E-state index contributed by atoms with van der Waals surface area (Å²) in [6.07, 6.45) is 0.957. The summed E-state index contributed by atoms with van der Waals surface area (Å²) in [6, 6.07) is 10.2. The molecule has 0 aliphatic carbocycles. The smallest absolute Gasteiger partial charge is 0.339 e. The molecule has 29 heavy (non-hydrogen) atoms. The van der Waals surface area contributed by atoms with Crippen LogP contribution in [0.2, 0.25) is 5.02 Å². The Morgan fingerprint density at radius 1 is 1.14 bits per heavy atom. The monoisotopic (exact) mass is 438 g/mol. The van der Waals surface area contributed by atoms with Crippen molar-refractivity contribution in [3.05, 3.63) is 58.6 Å². The van der Waals surface area contributed by atoms with Crippen molar-refractivity contribution in [3.63, 3.8) is 0 Å². The van der Waals surface area contributed by atoms with Crippen molar-refractivity contribution in [2.24, 2.45) is 0 Å². The van der Waals surface area contributed by atoms with Gasteiger partial charge >= 0.3 is 5.97 Å². The van der Waals surface area contributed by atoms with Crippen LogP contribution in [0.4, 0.5) is 11.4 Å². The molecule has 1 N–H and O–H groups in total. The minimum atomic E-state index is -3.81. The SMILES string of the molecule is COC(=O)c1cc(NC(=O)CN(c2cccc(C(C)=O)c2)S(C)(=O)=O)ccc1Cl. The summed E-state index contributed by atoms with van der Waals surface area (Å²) < 4.78 is 29.9. The molecular formula is C19H19ClN2O6S. The van der Waals surface area contributed by atoms with Gasteiger partial charge in [0.05, 0.1) is 29.6 Å². The molecule has 0 unspecified atom stereocenters. The average molecular weight is 439 g/mol. The van der Waals surface area contributed by atoms with Crippen molar-refractivity contribution < 1.29 is 27.5 Å². The van der Waals surface area contributed by atoms with Gasteiger partial charge in [-0.2, -0.15) is 0 Å². The Bertz CT molecular complexity index is 1070. The fourth-order valence-corrected chi connectivity index (χ4v) is 3.52. The zero-order valence-electron chi connectivity index (χ0n) is 15.9. The van der Waals surface area contributed by atoms with Crippen LogP contribution in [0.3, 0.4) is 0 Å². The van der Waals surface area contributed by atoms with E-state index in [9.17, 15) is 22.8 Å². The van der Waals surface area contributed by atoms with Crippen molar-refractivity contribution in [1.82, 2.24) is 0 Å². The van der Waals surface area contributed by atoms with Gasteiger partial charge in [-0.25, -0.2) is 13.2 Å². The van der Waals surface area contributed by atoms with E-state index in [0.717, 1.165) is 10.6 Å². The molecule has 0 atom stereocenters. The van der Waals surface area contributed by atoms with Gasteiger partial charge in [-0.15, -0.1) is 0 Å². The third kappa shape index (κ3) is 5.78. The van der Waals surface area contributed by atoms with Crippen molar-refractivity contribution in [1.29, 1.82) is 0 Å². The Balaban J connectivity index is 2.27. The third-order valence-corrected chi connectivity index (χ3v) is 5.35. The first-order valence-corrected chi connectivity index (χ1v) is 10.5. The molecular weight excluding hydrogens is 420 g/mol. The Morgan fingerprint density at radius 2 is 1.83 bits per heavy atom. The van der Waals surface area contributed by atoms with Gasteiger partial charge in [0, 0.05) is 11.3 Å². The lowest BCUT2D eigenvalue weighted by atomic mass is 10.1. The number of nitrogens with one attached hydrogen (secondary N) is 1. The van der Waals surface area contributed by atoms with Crippen LogP contribution in [0.15, 0.2) is 42.5 Å². The van der Waals surface area contributed by atoms with Crippen molar-refractivity contribution in [2.45, 2.75) is 6.92 Å². The maximum atomic E-state index is 12.5. The molecule has 1 amide bonds. The van der Waals surface area contributed by atoms with Crippen LogP contribution in [0.1, 0.15) is 27.6 Å². The van der Waals surface area contributed by atoms with Crippen molar-refractivity contribution in [2.75, 3.05) is 29.5 Å². The van der Waals surface area contributed by atoms with E-state index in [1.165, 1.54) is 50.4 Å². The van der Waals surface area contributed by atoms with Crippen LogP contribution in [0.5, 0.6) is 0 Å². The molecule has 2 aromatic carbocycles. The molecule has 0 aromatic heterocycles. The summed E-state index contributed by atoms with van der Waals surface area (Å²) >= 11 is 5.94. The predicted molar refractivity (Wildman–Crippen MR) is 110 cm³/mol. The number of anilines is 2. The van der Waals surface area contributed by atoms with Gasteiger partial charge < -0.3 is 10.1 Å². The number of ketones is 1. The molecule has 2 rings (SSSR count). The summed E-state index contributed by atoms with van der Waals surface area (Å²) in [7, 11) is -2.62. The highest BCUT2D eigenvalue weighted by molar-refractivity contribution is 7.92. The summed E-state index contributed by atoms with van der Waals surface area (Å²) in [4.78, 5) is 35.8. The summed E-state index contributed by atoms with van der Waals surface area (Å²) in [5.74, 6) is -1.56. The molecule has 8 nitrogen and oxygen atoms in total. The van der Waals surface area contributed by atoms with Crippen LogP contribution >= 0.6 is 11.6 Å². The van der Waals surface area contributed by atoms with E-state index in [1.54, 1.807) is 6.07 Å². The summed E-state index contributed by atoms with van der Waals surface area (Å²) in [5.41, 5.74) is 0.797. The molecule has 10 heteroatoms. The number of methoxy groups -OCH3 is 1. The molecule has 0 aliphatic heterocycles. The van der Waals surface area contributed by atoms with E-state index < -0.39 is 28.4 Å². The Labute approximate surface area is 173 Å². The van der Waals surface area contributed by atoms with Crippen molar-refractivity contribution >= 4 is 50.7 Å². The lowest BCUT2D eigenvalue weighted by molar-refractivity contribution is -0.114. The molecule has 154 valence electrons. The Morgan fingerprint density at radius 3 is 2.41 bits per heavy atom. The second kappa shape index (κ2) is 9.06. The second-order valence-electron chi connectivity index (χ2n) is 6.11. The van der Waals surface area contributed by atoms with Crippen LogP contribution < -0.4 is 9.62 Å². The quantitative estimate of drug-likeness (QED) is 0.525. The first-order valence-electron chi connectivity index (χ1n) is 8.29. The number of sulfonamides is 1. The van der Waals surface area contributed by atoms with Crippen LogP contribution in [-0.2, 0) is 19.6 Å². The molecule has 0 saturated heterocycles. The highest BCUT2D eigenvalue weighted by Crippen LogP contribution is 2.23. The first kappa shape index (κ1) is 22.4. The number of halogens is 1. The van der Waals surface area contributed by atoms with E-state index in [4.69, 9.17) is 11.6 Å². The van der Waals surface area contributed by atoms with Crippen LogP contribution in [0.25, 0.3) is 0 Å². The van der Waals surface area contributed by atoms with Gasteiger partial charge in [-0.05, 0) is 37.3 Å². The third-order valence-electron chi connectivity index (χ3n) is 3.88. The molecule has 0 bridgehead atoms. The maximum Gasteiger partial charge on any atom is 0.339 e.